The maximum Gasteiger partial charge on any atom is 0.328 e. The van der Waals surface area contributed by atoms with Gasteiger partial charge in [0.2, 0.25) is 5.91 Å². The summed E-state index contributed by atoms with van der Waals surface area (Å²) in [6.07, 6.45) is 0.279. The Morgan fingerprint density at radius 2 is 1.75 bits per heavy atom. The van der Waals surface area contributed by atoms with Crippen LogP contribution < -0.4 is 5.32 Å². The molecule has 0 aliphatic carbocycles. The lowest BCUT2D eigenvalue weighted by atomic mass is 9.97. The molecule has 0 radical (unpaired) electrons. The third-order valence-electron chi connectivity index (χ3n) is 3.20. The summed E-state index contributed by atoms with van der Waals surface area (Å²) in [5.41, 5.74) is 4.40. The minimum Gasteiger partial charge on any atom is -0.464 e. The summed E-state index contributed by atoms with van der Waals surface area (Å²) in [6.45, 7) is 9.72. The van der Waals surface area contributed by atoms with Crippen molar-refractivity contribution in [3.63, 3.8) is 0 Å². The summed E-state index contributed by atoms with van der Waals surface area (Å²) in [7, 11) is 0. The number of hydrogen-bond donors (Lipinski definition) is 1. The van der Waals surface area contributed by atoms with Crippen molar-refractivity contribution < 1.29 is 14.3 Å². The van der Waals surface area contributed by atoms with Gasteiger partial charge in [0.05, 0.1) is 13.0 Å². The highest BCUT2D eigenvalue weighted by atomic mass is 16.5. The van der Waals surface area contributed by atoms with Gasteiger partial charge < -0.3 is 10.1 Å². The average molecular weight is 277 g/mol. The highest BCUT2D eigenvalue weighted by Gasteiger charge is 2.17. The van der Waals surface area contributed by atoms with Gasteiger partial charge in [-0.3, -0.25) is 4.79 Å². The van der Waals surface area contributed by atoms with E-state index in [2.05, 4.69) is 17.4 Å². The van der Waals surface area contributed by atoms with Crippen molar-refractivity contribution in [1.82, 2.24) is 5.32 Å². The van der Waals surface area contributed by atoms with Gasteiger partial charge >= 0.3 is 5.97 Å². The highest BCUT2D eigenvalue weighted by Crippen LogP contribution is 2.16. The smallest absolute Gasteiger partial charge is 0.328 e. The molecule has 0 unspecified atom stereocenters. The molecule has 0 heterocycles. The van der Waals surface area contributed by atoms with Gasteiger partial charge in [0.15, 0.2) is 0 Å². The van der Waals surface area contributed by atoms with Crippen molar-refractivity contribution in [2.45, 2.75) is 47.1 Å². The van der Waals surface area contributed by atoms with Crippen molar-refractivity contribution in [3.05, 3.63) is 34.4 Å². The van der Waals surface area contributed by atoms with Crippen LogP contribution in [0.15, 0.2) is 12.1 Å². The molecule has 0 aromatic heterocycles. The quantitative estimate of drug-likeness (QED) is 0.840. The predicted molar refractivity (Wildman–Crippen MR) is 78.6 cm³/mol. The number of carbonyl (C=O) groups excluding carboxylic acids is 2. The van der Waals surface area contributed by atoms with Crippen LogP contribution in [0.2, 0.25) is 0 Å². The van der Waals surface area contributed by atoms with Crippen molar-refractivity contribution in [1.29, 1.82) is 0 Å². The Morgan fingerprint density at radius 1 is 1.20 bits per heavy atom. The standard InChI is InChI=1S/C16H23NO3/c1-6-20-16(19)13(5)17-15(18)9-14-11(3)7-10(2)8-12(14)4/h7-8,13H,6,9H2,1-5H3,(H,17,18)/t13-/m0/s1. The summed E-state index contributed by atoms with van der Waals surface area (Å²) in [4.78, 5) is 23.5. The molecule has 1 N–H and O–H groups in total. The topological polar surface area (TPSA) is 55.4 Å². The van der Waals surface area contributed by atoms with E-state index in [0.29, 0.717) is 6.61 Å². The monoisotopic (exact) mass is 277 g/mol. The molecule has 20 heavy (non-hydrogen) atoms. The second kappa shape index (κ2) is 7.08. The molecule has 0 saturated carbocycles. The lowest BCUT2D eigenvalue weighted by molar-refractivity contribution is -0.146. The molecule has 0 spiro atoms. The average Bonchev–Trinajstić information content (AvgIpc) is 2.34. The molecule has 0 fully saturated rings. The first-order valence-corrected chi connectivity index (χ1v) is 6.87. The Morgan fingerprint density at radius 3 is 2.25 bits per heavy atom. The second-order valence-electron chi connectivity index (χ2n) is 5.10. The largest absolute Gasteiger partial charge is 0.464 e. The van der Waals surface area contributed by atoms with Crippen molar-refractivity contribution in [2.75, 3.05) is 6.61 Å². The Bertz CT molecular complexity index is 485. The van der Waals surface area contributed by atoms with Crippen molar-refractivity contribution in [2.24, 2.45) is 0 Å². The minimum atomic E-state index is -0.617. The number of esters is 1. The molecule has 4 heteroatoms. The summed E-state index contributed by atoms with van der Waals surface area (Å²) >= 11 is 0. The lowest BCUT2D eigenvalue weighted by Gasteiger charge is -2.15. The first-order valence-electron chi connectivity index (χ1n) is 6.87. The lowest BCUT2D eigenvalue weighted by Crippen LogP contribution is -2.40. The fourth-order valence-electron chi connectivity index (χ4n) is 2.27. The van der Waals surface area contributed by atoms with E-state index in [4.69, 9.17) is 4.74 Å². The maximum absolute atomic E-state index is 12.0. The first kappa shape index (κ1) is 16.2. The van der Waals surface area contributed by atoms with E-state index in [0.717, 1.165) is 16.7 Å². The molecule has 1 amide bonds. The fraction of sp³-hybridized carbons (Fsp3) is 0.500. The number of nitrogens with one attached hydrogen (secondary N) is 1. The highest BCUT2D eigenvalue weighted by molar-refractivity contribution is 5.85. The molecule has 0 aliphatic heterocycles. The number of benzene rings is 1. The number of amides is 1. The van der Waals surface area contributed by atoms with Gasteiger partial charge in [-0.15, -0.1) is 0 Å². The van der Waals surface area contributed by atoms with Crippen LogP contribution in [0.5, 0.6) is 0 Å². The van der Waals surface area contributed by atoms with Crippen LogP contribution in [0, 0.1) is 20.8 Å². The number of hydrogen-bond acceptors (Lipinski definition) is 3. The minimum absolute atomic E-state index is 0.166. The summed E-state index contributed by atoms with van der Waals surface area (Å²) in [5.74, 6) is -0.571. The van der Waals surface area contributed by atoms with Crippen LogP contribution >= 0.6 is 0 Å². The van der Waals surface area contributed by atoms with E-state index >= 15 is 0 Å². The molecule has 4 nitrogen and oxygen atoms in total. The molecule has 0 saturated heterocycles. The van der Waals surface area contributed by atoms with Crippen LogP contribution in [0.4, 0.5) is 0 Å². The molecular formula is C16H23NO3. The van der Waals surface area contributed by atoms with Gasteiger partial charge in [-0.25, -0.2) is 4.79 Å². The van der Waals surface area contributed by atoms with Crippen LogP contribution in [-0.4, -0.2) is 24.5 Å². The fourth-order valence-corrected chi connectivity index (χ4v) is 2.27. The Balaban J connectivity index is 2.70. The Labute approximate surface area is 120 Å². The van der Waals surface area contributed by atoms with Gasteiger partial charge in [-0.2, -0.15) is 0 Å². The van der Waals surface area contributed by atoms with Crippen LogP contribution in [0.3, 0.4) is 0 Å². The summed E-state index contributed by atoms with van der Waals surface area (Å²) in [5, 5.41) is 2.67. The van der Waals surface area contributed by atoms with Gasteiger partial charge in [-0.1, -0.05) is 17.7 Å². The van der Waals surface area contributed by atoms with Crippen LogP contribution in [0.1, 0.15) is 36.1 Å². The number of carbonyl (C=O) groups is 2. The van der Waals surface area contributed by atoms with E-state index in [-0.39, 0.29) is 12.3 Å². The zero-order chi connectivity index (χ0) is 15.3. The molecule has 1 aromatic rings. The summed E-state index contributed by atoms with van der Waals surface area (Å²) < 4.78 is 4.86. The molecule has 1 aromatic carbocycles. The van der Waals surface area contributed by atoms with Gasteiger partial charge in [0.1, 0.15) is 6.04 Å². The van der Waals surface area contributed by atoms with Crippen molar-refractivity contribution in [3.8, 4) is 0 Å². The van der Waals surface area contributed by atoms with E-state index in [1.165, 1.54) is 5.56 Å². The number of ether oxygens (including phenoxy) is 1. The molecule has 0 bridgehead atoms. The Hall–Kier alpha value is -1.84. The molecule has 1 atom stereocenters. The van der Waals surface area contributed by atoms with Gasteiger partial charge in [-0.05, 0) is 51.3 Å². The van der Waals surface area contributed by atoms with Crippen LogP contribution in [-0.2, 0) is 20.7 Å². The summed E-state index contributed by atoms with van der Waals surface area (Å²) in [6, 6.07) is 3.50. The van der Waals surface area contributed by atoms with Gasteiger partial charge in [0.25, 0.3) is 0 Å². The third-order valence-corrected chi connectivity index (χ3v) is 3.20. The third kappa shape index (κ3) is 4.37. The van der Waals surface area contributed by atoms with E-state index in [1.807, 2.05) is 20.8 Å². The SMILES string of the molecule is CCOC(=O)[C@H](C)NC(=O)Cc1c(C)cc(C)cc1C. The predicted octanol–water partition coefficient (Wildman–Crippen LogP) is 2.22. The van der Waals surface area contributed by atoms with Gasteiger partial charge in [0, 0.05) is 0 Å². The zero-order valence-corrected chi connectivity index (χ0v) is 12.9. The van der Waals surface area contributed by atoms with Crippen LogP contribution in [0.25, 0.3) is 0 Å². The second-order valence-corrected chi connectivity index (χ2v) is 5.10. The molecule has 0 aliphatic rings. The molecule has 1 rings (SSSR count). The maximum atomic E-state index is 12.0. The zero-order valence-electron chi connectivity index (χ0n) is 12.9. The molecular weight excluding hydrogens is 254 g/mol. The first-order chi connectivity index (χ1) is 9.35. The molecule has 110 valence electrons. The number of rotatable bonds is 5. The number of aryl methyl sites for hydroxylation is 3. The Kier molecular flexibility index (Phi) is 5.74. The van der Waals surface area contributed by atoms with E-state index in [9.17, 15) is 9.59 Å². The van der Waals surface area contributed by atoms with E-state index < -0.39 is 12.0 Å². The normalized spacial score (nSPS) is 11.8. The van der Waals surface area contributed by atoms with E-state index in [1.54, 1.807) is 13.8 Å². The van der Waals surface area contributed by atoms with Crippen molar-refractivity contribution >= 4 is 11.9 Å².